The number of carbonyl (C=O) groups is 1. The largest absolute Gasteiger partial charge is 0.331 e. The smallest absolute Gasteiger partial charge is 0.292 e. The second kappa shape index (κ2) is 2.37. The number of benzene rings is 1. The van der Waals surface area contributed by atoms with Crippen LogP contribution in [-0.2, 0) is 17.1 Å². The molecule has 0 fully saturated rings. The van der Waals surface area contributed by atoms with Crippen molar-refractivity contribution in [3.05, 3.63) is 34.9 Å². The molecule has 0 bridgehead atoms. The number of carbonyl (C=O) groups excluding carboxylic acids is 1. The zero-order chi connectivity index (χ0) is 9.64. The number of hydrogen-bond donors (Lipinski definition) is 0. The van der Waals surface area contributed by atoms with Gasteiger partial charge in [-0.25, -0.2) is 0 Å². The second-order valence-corrected chi connectivity index (χ2v) is 3.33. The highest BCUT2D eigenvalue weighted by Crippen LogP contribution is 2.39. The van der Waals surface area contributed by atoms with Crippen LogP contribution in [0.2, 0.25) is 0 Å². The predicted molar refractivity (Wildman–Crippen MR) is 43.8 cm³/mol. The van der Waals surface area contributed by atoms with Gasteiger partial charge in [0.25, 0.3) is 0 Å². The number of ketones is 1. The molecule has 0 saturated carbocycles. The predicted octanol–water partition coefficient (Wildman–Crippen LogP) is 2.21. The van der Waals surface area contributed by atoms with Gasteiger partial charge in [0, 0.05) is 12.0 Å². The summed E-state index contributed by atoms with van der Waals surface area (Å²) < 4.78 is 26.3. The molecule has 1 nitrogen and oxygen atoms in total. The van der Waals surface area contributed by atoms with Gasteiger partial charge < -0.3 is 0 Å². The Bertz CT molecular complexity index is 383. The molecule has 0 spiro atoms. The molecule has 0 unspecified atom stereocenters. The lowest BCUT2D eigenvalue weighted by atomic mass is 10.1. The van der Waals surface area contributed by atoms with Crippen molar-refractivity contribution in [2.45, 2.75) is 19.3 Å². The Morgan fingerprint density at radius 2 is 2.08 bits per heavy atom. The van der Waals surface area contributed by atoms with E-state index >= 15 is 0 Å². The number of alkyl halides is 2. The highest BCUT2D eigenvalue weighted by Gasteiger charge is 2.47. The van der Waals surface area contributed by atoms with Crippen LogP contribution in [0, 0.1) is 6.92 Å². The Labute approximate surface area is 74.4 Å². The van der Waals surface area contributed by atoms with Gasteiger partial charge in [-0.15, -0.1) is 0 Å². The maximum atomic E-state index is 13.2. The van der Waals surface area contributed by atoms with Gasteiger partial charge in [0.15, 0.2) is 0 Å². The standard InChI is InChI=1S/C10H8F2O/c1-6-2-3-7-5-9(13)10(11,12)8(7)4-6/h2-4H,5H2,1H3. The first kappa shape index (κ1) is 8.35. The molecule has 0 atom stereocenters. The van der Waals surface area contributed by atoms with Gasteiger partial charge in [0.05, 0.1) is 0 Å². The SMILES string of the molecule is Cc1ccc2c(c1)C(F)(F)C(=O)C2. The molecule has 2 rings (SSSR count). The molecule has 1 aromatic rings. The third kappa shape index (κ3) is 1.07. The third-order valence-corrected chi connectivity index (χ3v) is 2.30. The summed E-state index contributed by atoms with van der Waals surface area (Å²) in [6, 6.07) is 4.73. The van der Waals surface area contributed by atoms with Crippen LogP contribution < -0.4 is 0 Å². The first-order valence-electron chi connectivity index (χ1n) is 4.03. The maximum Gasteiger partial charge on any atom is 0.331 e. The van der Waals surface area contributed by atoms with Crippen LogP contribution in [0.1, 0.15) is 16.7 Å². The average Bonchev–Trinajstić information content (AvgIpc) is 2.27. The van der Waals surface area contributed by atoms with E-state index in [1.54, 1.807) is 19.1 Å². The molecular weight excluding hydrogens is 174 g/mol. The fourth-order valence-electron chi connectivity index (χ4n) is 1.57. The lowest BCUT2D eigenvalue weighted by molar-refractivity contribution is -0.141. The van der Waals surface area contributed by atoms with E-state index in [2.05, 4.69) is 0 Å². The number of rotatable bonds is 0. The Morgan fingerprint density at radius 3 is 2.77 bits per heavy atom. The monoisotopic (exact) mass is 182 g/mol. The summed E-state index contributed by atoms with van der Waals surface area (Å²) in [5.41, 5.74) is 1.10. The minimum absolute atomic E-state index is 0.113. The second-order valence-electron chi connectivity index (χ2n) is 3.33. The summed E-state index contributed by atoms with van der Waals surface area (Å²) in [4.78, 5) is 10.9. The summed E-state index contributed by atoms with van der Waals surface area (Å²) in [6.45, 7) is 1.74. The molecule has 1 aliphatic carbocycles. The fourth-order valence-corrected chi connectivity index (χ4v) is 1.57. The van der Waals surface area contributed by atoms with E-state index in [9.17, 15) is 13.6 Å². The van der Waals surface area contributed by atoms with Crippen LogP contribution in [0.25, 0.3) is 0 Å². The van der Waals surface area contributed by atoms with Crippen molar-refractivity contribution < 1.29 is 13.6 Å². The summed E-state index contributed by atoms with van der Waals surface area (Å²) in [6.07, 6.45) is -0.136. The number of Topliss-reactive ketones (excluding diaryl/α,β-unsaturated/α-hetero) is 1. The van der Waals surface area contributed by atoms with E-state index in [4.69, 9.17) is 0 Å². The van der Waals surface area contributed by atoms with E-state index < -0.39 is 11.7 Å². The maximum absolute atomic E-state index is 13.2. The van der Waals surface area contributed by atoms with Gasteiger partial charge in [-0.2, -0.15) is 8.78 Å². The lowest BCUT2D eigenvalue weighted by Gasteiger charge is -2.08. The zero-order valence-electron chi connectivity index (χ0n) is 7.10. The lowest BCUT2D eigenvalue weighted by Crippen LogP contribution is -2.19. The summed E-state index contributed by atoms with van der Waals surface area (Å²) >= 11 is 0. The molecule has 0 amide bonds. The zero-order valence-corrected chi connectivity index (χ0v) is 7.10. The minimum atomic E-state index is -3.26. The molecule has 1 aliphatic rings. The molecule has 0 aromatic heterocycles. The van der Waals surface area contributed by atoms with Crippen LogP contribution in [-0.4, -0.2) is 5.78 Å². The van der Waals surface area contributed by atoms with E-state index in [-0.39, 0.29) is 12.0 Å². The number of hydrogen-bond acceptors (Lipinski definition) is 1. The average molecular weight is 182 g/mol. The van der Waals surface area contributed by atoms with Gasteiger partial charge in [-0.05, 0) is 18.6 Å². The highest BCUT2D eigenvalue weighted by atomic mass is 19.3. The highest BCUT2D eigenvalue weighted by molar-refractivity contribution is 5.93. The Balaban J connectivity index is 2.64. The topological polar surface area (TPSA) is 17.1 Å². The van der Waals surface area contributed by atoms with Crippen LogP contribution in [0.5, 0.6) is 0 Å². The van der Waals surface area contributed by atoms with Crippen molar-refractivity contribution in [1.82, 2.24) is 0 Å². The quantitative estimate of drug-likeness (QED) is 0.601. The normalized spacial score (nSPS) is 18.8. The van der Waals surface area contributed by atoms with Crippen molar-refractivity contribution >= 4 is 5.78 Å². The van der Waals surface area contributed by atoms with Crippen LogP contribution >= 0.6 is 0 Å². The van der Waals surface area contributed by atoms with Crippen LogP contribution in [0.3, 0.4) is 0 Å². The first-order chi connectivity index (χ1) is 6.01. The van der Waals surface area contributed by atoms with Crippen molar-refractivity contribution in [3.8, 4) is 0 Å². The molecule has 3 heteroatoms. The summed E-state index contributed by atoms with van der Waals surface area (Å²) in [7, 11) is 0. The van der Waals surface area contributed by atoms with E-state index in [0.29, 0.717) is 5.56 Å². The summed E-state index contributed by atoms with van der Waals surface area (Å²) in [5, 5.41) is 0. The minimum Gasteiger partial charge on any atom is -0.292 e. The molecule has 0 heterocycles. The summed E-state index contributed by atoms with van der Waals surface area (Å²) in [5.74, 6) is -4.26. The van der Waals surface area contributed by atoms with Crippen molar-refractivity contribution in [3.63, 3.8) is 0 Å². The molecule has 0 saturated heterocycles. The Kier molecular flexibility index (Phi) is 1.53. The van der Waals surface area contributed by atoms with Gasteiger partial charge in [0.1, 0.15) is 0 Å². The van der Waals surface area contributed by atoms with Crippen LogP contribution in [0.15, 0.2) is 18.2 Å². The molecule has 0 N–H and O–H groups in total. The van der Waals surface area contributed by atoms with Crippen LogP contribution in [0.4, 0.5) is 8.78 Å². The van der Waals surface area contributed by atoms with Crippen molar-refractivity contribution in [2.24, 2.45) is 0 Å². The van der Waals surface area contributed by atoms with Gasteiger partial charge in [-0.1, -0.05) is 17.7 Å². The third-order valence-electron chi connectivity index (χ3n) is 2.30. The number of aryl methyl sites for hydroxylation is 1. The Hall–Kier alpha value is -1.25. The molecule has 1 aromatic carbocycles. The van der Waals surface area contributed by atoms with Gasteiger partial charge in [0.2, 0.25) is 5.78 Å². The van der Waals surface area contributed by atoms with Gasteiger partial charge in [-0.3, -0.25) is 4.79 Å². The molecule has 13 heavy (non-hydrogen) atoms. The van der Waals surface area contributed by atoms with Gasteiger partial charge >= 0.3 is 5.92 Å². The van der Waals surface area contributed by atoms with Crippen molar-refractivity contribution in [2.75, 3.05) is 0 Å². The van der Waals surface area contributed by atoms with Crippen molar-refractivity contribution in [1.29, 1.82) is 0 Å². The fraction of sp³-hybridized carbons (Fsp3) is 0.300. The molecular formula is C10H8F2O. The number of fused-ring (bicyclic) bond motifs is 1. The number of halogens is 2. The first-order valence-corrected chi connectivity index (χ1v) is 4.03. The molecule has 0 radical (unpaired) electrons. The Morgan fingerprint density at radius 1 is 1.38 bits per heavy atom. The van der Waals surface area contributed by atoms with E-state index in [0.717, 1.165) is 5.56 Å². The molecule has 0 aliphatic heterocycles. The van der Waals surface area contributed by atoms with E-state index in [1.807, 2.05) is 0 Å². The molecule has 68 valence electrons. The van der Waals surface area contributed by atoms with E-state index in [1.165, 1.54) is 6.07 Å².